The number of ether oxygens (including phenoxy) is 4. The summed E-state index contributed by atoms with van der Waals surface area (Å²) in [7, 11) is 2.42. The fourth-order valence-corrected chi connectivity index (χ4v) is 6.61. The summed E-state index contributed by atoms with van der Waals surface area (Å²) in [6, 6.07) is 14.6. The second-order valence-electron chi connectivity index (χ2n) is 8.76. The highest BCUT2D eigenvalue weighted by Gasteiger charge is 2.25. The lowest BCUT2D eigenvalue weighted by atomic mass is 10.2. The molecule has 0 saturated heterocycles. The molecule has 0 unspecified atom stereocenters. The van der Waals surface area contributed by atoms with Gasteiger partial charge in [-0.25, -0.2) is 13.4 Å². The Morgan fingerprint density at radius 1 is 0.905 bits per heavy atom. The highest BCUT2D eigenvalue weighted by atomic mass is 32.2. The molecule has 1 heterocycles. The van der Waals surface area contributed by atoms with E-state index in [-0.39, 0.29) is 10.5 Å². The number of nitrogens with zero attached hydrogens (tertiary/aromatic N) is 4. The second kappa shape index (κ2) is 13.2. The number of carbonyl (C=O) groups excluding carboxylic acids is 1. The number of hydrogen-bond donors (Lipinski definition) is 0. The van der Waals surface area contributed by atoms with Gasteiger partial charge in [0.05, 0.1) is 49.8 Å². The lowest BCUT2D eigenvalue weighted by Crippen LogP contribution is -2.30. The van der Waals surface area contributed by atoms with Crippen LogP contribution in [-0.2, 0) is 10.0 Å². The molecule has 1 aromatic heterocycles. The van der Waals surface area contributed by atoms with Crippen LogP contribution in [0.5, 0.6) is 23.0 Å². The Bertz CT molecular complexity index is 1670. The molecule has 0 fully saturated rings. The van der Waals surface area contributed by atoms with Crippen LogP contribution in [0.4, 0.5) is 5.13 Å². The first-order valence-electron chi connectivity index (χ1n) is 12.9. The third-order valence-electron chi connectivity index (χ3n) is 6.41. The zero-order valence-corrected chi connectivity index (χ0v) is 25.8. The van der Waals surface area contributed by atoms with E-state index in [1.54, 1.807) is 45.2 Å². The average molecular weight is 613 g/mol. The highest BCUT2D eigenvalue weighted by molar-refractivity contribution is 7.89. The van der Waals surface area contributed by atoms with Crippen molar-refractivity contribution >= 4 is 48.8 Å². The number of sulfonamides is 1. The monoisotopic (exact) mass is 612 g/mol. The number of carbonyl (C=O) groups is 1. The molecule has 0 spiro atoms. The average Bonchev–Trinajstić information content (AvgIpc) is 3.43. The number of thiazole rings is 1. The van der Waals surface area contributed by atoms with E-state index >= 15 is 0 Å². The maximum absolute atomic E-state index is 13.8. The van der Waals surface area contributed by atoms with E-state index in [1.165, 1.54) is 72.5 Å². The molecule has 0 radical (unpaired) electrons. The number of rotatable bonds is 12. The van der Waals surface area contributed by atoms with Crippen LogP contribution in [0.25, 0.3) is 10.2 Å². The van der Waals surface area contributed by atoms with Crippen molar-refractivity contribution in [2.75, 3.05) is 46.5 Å². The number of aromatic nitrogens is 1. The molecule has 0 N–H and O–H groups in total. The summed E-state index contributed by atoms with van der Waals surface area (Å²) in [6.45, 7) is 4.23. The van der Waals surface area contributed by atoms with E-state index in [1.807, 2.05) is 6.07 Å². The molecular formula is C29H32N4O7S2. The van der Waals surface area contributed by atoms with Gasteiger partial charge < -0.3 is 18.9 Å². The van der Waals surface area contributed by atoms with Crippen molar-refractivity contribution in [3.63, 3.8) is 0 Å². The van der Waals surface area contributed by atoms with Crippen molar-refractivity contribution in [3.8, 4) is 23.0 Å². The minimum atomic E-state index is -3.68. The first kappa shape index (κ1) is 30.8. The quantitative estimate of drug-likeness (QED) is 0.161. The number of anilines is 1. The van der Waals surface area contributed by atoms with E-state index in [4.69, 9.17) is 18.9 Å². The summed E-state index contributed by atoms with van der Waals surface area (Å²) in [5.74, 6) is 1.42. The van der Waals surface area contributed by atoms with Gasteiger partial charge in [-0.15, -0.1) is 0 Å². The van der Waals surface area contributed by atoms with Crippen LogP contribution < -0.4 is 24.0 Å². The molecule has 42 heavy (non-hydrogen) atoms. The van der Waals surface area contributed by atoms with Gasteiger partial charge in [-0.2, -0.15) is 14.4 Å². The van der Waals surface area contributed by atoms with Gasteiger partial charge in [0.2, 0.25) is 20.9 Å². The van der Waals surface area contributed by atoms with Crippen LogP contribution in [0.15, 0.2) is 64.6 Å². The number of hydrazone groups is 1. The van der Waals surface area contributed by atoms with Crippen LogP contribution in [0, 0.1) is 0 Å². The summed E-state index contributed by atoms with van der Waals surface area (Å²) in [6.07, 6.45) is 1.48. The maximum Gasteiger partial charge on any atom is 0.280 e. The van der Waals surface area contributed by atoms with Crippen LogP contribution in [0.2, 0.25) is 0 Å². The zero-order valence-electron chi connectivity index (χ0n) is 24.2. The normalized spacial score (nSPS) is 11.7. The Balaban J connectivity index is 1.77. The van der Waals surface area contributed by atoms with Crippen molar-refractivity contribution in [1.82, 2.24) is 9.29 Å². The molecule has 0 saturated carbocycles. The Morgan fingerprint density at radius 3 is 2.10 bits per heavy atom. The molecule has 3 aromatic carbocycles. The standard InChI is InChI=1S/C29H32N4O7S2/c1-7-32(8-2)42(35,36)22-12-9-20(10-13-22)28(34)33(29-31-23-14-11-21(37-3)17-26(23)41-29)30-18-19-15-24(38-4)27(40-6)25(16-19)39-5/h9-18H,7-8H2,1-6H3/b30-18+. The SMILES string of the molecule is CCN(CC)S(=O)(=O)c1ccc(C(=O)N(/N=C/c2cc(OC)c(OC)c(OC)c2)c2nc3ccc(OC)cc3s2)cc1. The number of fused-ring (bicyclic) bond motifs is 1. The van der Waals surface area contributed by atoms with Crippen molar-refractivity contribution in [2.45, 2.75) is 18.7 Å². The van der Waals surface area contributed by atoms with Crippen LogP contribution >= 0.6 is 11.3 Å². The van der Waals surface area contributed by atoms with Crippen LogP contribution in [-0.4, -0.2) is 71.4 Å². The highest BCUT2D eigenvalue weighted by Crippen LogP contribution is 2.38. The summed E-state index contributed by atoms with van der Waals surface area (Å²) in [5, 5.41) is 5.99. The predicted octanol–water partition coefficient (Wildman–Crippen LogP) is 5.04. The predicted molar refractivity (Wildman–Crippen MR) is 163 cm³/mol. The molecule has 1 amide bonds. The van der Waals surface area contributed by atoms with Crippen molar-refractivity contribution in [3.05, 3.63) is 65.7 Å². The van der Waals surface area contributed by atoms with E-state index < -0.39 is 15.9 Å². The zero-order chi connectivity index (χ0) is 30.4. The van der Waals surface area contributed by atoms with Gasteiger partial charge >= 0.3 is 0 Å². The molecule has 0 aliphatic carbocycles. The molecule has 11 nitrogen and oxygen atoms in total. The van der Waals surface area contributed by atoms with Gasteiger partial charge in [-0.1, -0.05) is 25.2 Å². The van der Waals surface area contributed by atoms with Crippen molar-refractivity contribution in [1.29, 1.82) is 0 Å². The number of methoxy groups -OCH3 is 4. The summed E-state index contributed by atoms with van der Waals surface area (Å²) in [5.41, 5.74) is 1.47. The third-order valence-corrected chi connectivity index (χ3v) is 9.47. The summed E-state index contributed by atoms with van der Waals surface area (Å²) in [4.78, 5) is 18.6. The molecule has 4 rings (SSSR count). The maximum atomic E-state index is 13.8. The molecule has 0 aliphatic rings. The Morgan fingerprint density at radius 2 is 1.55 bits per heavy atom. The largest absolute Gasteiger partial charge is 0.497 e. The van der Waals surface area contributed by atoms with E-state index in [2.05, 4.69) is 10.1 Å². The lowest BCUT2D eigenvalue weighted by Gasteiger charge is -2.19. The third kappa shape index (κ3) is 6.17. The fraction of sp³-hybridized carbons (Fsp3) is 0.276. The smallest absolute Gasteiger partial charge is 0.280 e. The van der Waals surface area contributed by atoms with E-state index in [9.17, 15) is 13.2 Å². The number of benzene rings is 3. The summed E-state index contributed by atoms with van der Waals surface area (Å²) < 4.78 is 49.7. The first-order valence-corrected chi connectivity index (χ1v) is 15.2. The molecule has 0 bridgehead atoms. The molecule has 4 aromatic rings. The minimum Gasteiger partial charge on any atom is -0.497 e. The Kier molecular flexibility index (Phi) is 9.66. The van der Waals surface area contributed by atoms with Gasteiger partial charge in [0.15, 0.2) is 11.5 Å². The van der Waals surface area contributed by atoms with Crippen molar-refractivity contribution in [2.24, 2.45) is 5.10 Å². The Hall–Kier alpha value is -4.20. The lowest BCUT2D eigenvalue weighted by molar-refractivity contribution is 0.0987. The second-order valence-corrected chi connectivity index (χ2v) is 11.7. The summed E-state index contributed by atoms with van der Waals surface area (Å²) >= 11 is 1.26. The molecular weight excluding hydrogens is 580 g/mol. The fourth-order valence-electron chi connectivity index (χ4n) is 4.20. The van der Waals surface area contributed by atoms with Gasteiger partial charge in [0, 0.05) is 24.2 Å². The number of amides is 1. The molecule has 0 aliphatic heterocycles. The van der Waals surface area contributed by atoms with E-state index in [0.717, 1.165) is 4.70 Å². The van der Waals surface area contributed by atoms with E-state index in [0.29, 0.717) is 52.3 Å². The van der Waals surface area contributed by atoms with Crippen LogP contribution in [0.1, 0.15) is 29.8 Å². The van der Waals surface area contributed by atoms with Crippen molar-refractivity contribution < 1.29 is 32.2 Å². The first-order chi connectivity index (χ1) is 20.2. The minimum absolute atomic E-state index is 0.0994. The van der Waals surface area contributed by atoms with Gasteiger partial charge in [-0.3, -0.25) is 4.79 Å². The van der Waals surface area contributed by atoms with Gasteiger partial charge in [0.25, 0.3) is 5.91 Å². The van der Waals surface area contributed by atoms with Gasteiger partial charge in [-0.05, 0) is 54.6 Å². The number of hydrogen-bond acceptors (Lipinski definition) is 10. The molecule has 222 valence electrons. The van der Waals surface area contributed by atoms with Gasteiger partial charge in [0.1, 0.15) is 5.75 Å². The molecule has 0 atom stereocenters. The molecule has 13 heteroatoms. The van der Waals surface area contributed by atoms with Crippen LogP contribution in [0.3, 0.4) is 0 Å². The Labute approximate surface area is 248 Å². The topological polar surface area (TPSA) is 120 Å².